The lowest BCUT2D eigenvalue weighted by atomic mass is 10.0. The number of benzene rings is 1. The number of nitrogen functional groups attached to an aromatic ring is 1. The minimum Gasteiger partial charge on any atom is -0.481 e. The van der Waals surface area contributed by atoms with Crippen molar-refractivity contribution in [3.8, 4) is 0 Å². The van der Waals surface area contributed by atoms with Gasteiger partial charge >= 0.3 is 5.97 Å². The maximum Gasteiger partial charge on any atom is 0.311 e. The summed E-state index contributed by atoms with van der Waals surface area (Å²) in [7, 11) is 1.46. The van der Waals surface area contributed by atoms with Gasteiger partial charge in [-0.1, -0.05) is 6.07 Å². The average Bonchev–Trinajstić information content (AvgIpc) is 2.89. The Balaban J connectivity index is 2.24. The number of aliphatic carboxylic acids is 1. The minimum absolute atomic E-state index is 0.0172. The fourth-order valence-corrected chi connectivity index (χ4v) is 2.22. The van der Waals surface area contributed by atoms with Crippen LogP contribution < -0.4 is 5.73 Å². The standard InChI is InChI=1S/C13H15FN2O4/c1-16(10-6-20-5-8(10)13(18)19)12(17)7-3-2-4-9(14)11(7)15/h2-4,8,10H,5-6,15H2,1H3,(H,18,19). The van der Waals surface area contributed by atoms with Gasteiger partial charge in [-0.2, -0.15) is 0 Å². The molecule has 2 rings (SSSR count). The summed E-state index contributed by atoms with van der Waals surface area (Å²) in [6, 6.07) is 3.35. The Hall–Kier alpha value is -2.15. The van der Waals surface area contributed by atoms with Crippen molar-refractivity contribution in [1.82, 2.24) is 4.90 Å². The van der Waals surface area contributed by atoms with Crippen LogP contribution in [0.15, 0.2) is 18.2 Å². The molecular formula is C13H15FN2O4. The van der Waals surface area contributed by atoms with Gasteiger partial charge < -0.3 is 20.5 Å². The number of ether oxygens (including phenoxy) is 1. The Morgan fingerprint density at radius 3 is 2.80 bits per heavy atom. The lowest BCUT2D eigenvalue weighted by molar-refractivity contribution is -0.142. The first-order valence-corrected chi connectivity index (χ1v) is 6.05. The largest absolute Gasteiger partial charge is 0.481 e. The van der Waals surface area contributed by atoms with E-state index in [9.17, 15) is 14.0 Å². The first-order valence-electron chi connectivity index (χ1n) is 6.05. The summed E-state index contributed by atoms with van der Waals surface area (Å²) in [5.74, 6) is -3.02. The Morgan fingerprint density at radius 2 is 2.15 bits per heavy atom. The number of carboxylic acids is 1. The molecule has 1 amide bonds. The predicted molar refractivity (Wildman–Crippen MR) is 68.6 cm³/mol. The van der Waals surface area contributed by atoms with E-state index in [0.29, 0.717) is 0 Å². The molecule has 1 heterocycles. The molecule has 1 aromatic rings. The van der Waals surface area contributed by atoms with E-state index < -0.39 is 29.7 Å². The number of carboxylic acid groups (broad SMARTS) is 1. The van der Waals surface area contributed by atoms with Crippen LogP contribution in [0.1, 0.15) is 10.4 Å². The van der Waals surface area contributed by atoms with Gasteiger partial charge in [0.05, 0.1) is 30.5 Å². The van der Waals surface area contributed by atoms with E-state index in [1.165, 1.54) is 24.1 Å². The molecule has 1 fully saturated rings. The van der Waals surface area contributed by atoms with E-state index >= 15 is 0 Å². The summed E-state index contributed by atoms with van der Waals surface area (Å²) in [6.07, 6.45) is 0. The van der Waals surface area contributed by atoms with E-state index in [4.69, 9.17) is 15.6 Å². The van der Waals surface area contributed by atoms with Gasteiger partial charge in [-0.15, -0.1) is 0 Å². The molecule has 20 heavy (non-hydrogen) atoms. The molecule has 0 spiro atoms. The fraction of sp³-hybridized carbons (Fsp3) is 0.385. The molecule has 1 aliphatic heterocycles. The monoisotopic (exact) mass is 282 g/mol. The van der Waals surface area contributed by atoms with E-state index in [1.54, 1.807) is 0 Å². The third kappa shape index (κ3) is 2.44. The third-order valence-electron chi connectivity index (χ3n) is 3.47. The van der Waals surface area contributed by atoms with Crippen molar-refractivity contribution >= 4 is 17.6 Å². The van der Waals surface area contributed by atoms with Gasteiger partial charge in [0, 0.05) is 7.05 Å². The quantitative estimate of drug-likeness (QED) is 0.791. The van der Waals surface area contributed by atoms with Crippen molar-refractivity contribution in [2.45, 2.75) is 6.04 Å². The van der Waals surface area contributed by atoms with E-state index in [0.717, 1.165) is 6.07 Å². The molecule has 7 heteroatoms. The normalized spacial score (nSPS) is 21.7. The zero-order valence-corrected chi connectivity index (χ0v) is 10.9. The van der Waals surface area contributed by atoms with Gasteiger partial charge in [-0.05, 0) is 12.1 Å². The molecule has 1 aliphatic rings. The molecule has 0 aliphatic carbocycles. The van der Waals surface area contributed by atoms with Crippen LogP contribution in [-0.4, -0.2) is 48.2 Å². The highest BCUT2D eigenvalue weighted by Crippen LogP contribution is 2.23. The lowest BCUT2D eigenvalue weighted by Crippen LogP contribution is -2.44. The van der Waals surface area contributed by atoms with Crippen molar-refractivity contribution in [3.63, 3.8) is 0 Å². The molecule has 0 aromatic heterocycles. The van der Waals surface area contributed by atoms with Crippen LogP contribution in [0, 0.1) is 11.7 Å². The molecule has 0 saturated carbocycles. The average molecular weight is 282 g/mol. The Morgan fingerprint density at radius 1 is 1.45 bits per heavy atom. The SMILES string of the molecule is CN(C(=O)c1cccc(F)c1N)C1COCC1C(=O)O. The zero-order valence-electron chi connectivity index (χ0n) is 10.9. The van der Waals surface area contributed by atoms with Gasteiger partial charge in [0.2, 0.25) is 0 Å². The minimum atomic E-state index is -1.03. The van der Waals surface area contributed by atoms with Crippen LogP contribution >= 0.6 is 0 Å². The molecule has 2 atom stereocenters. The number of anilines is 1. The summed E-state index contributed by atoms with van der Waals surface area (Å²) in [4.78, 5) is 24.6. The number of carbonyl (C=O) groups is 2. The number of rotatable bonds is 3. The molecule has 1 saturated heterocycles. The number of nitrogens with zero attached hydrogens (tertiary/aromatic N) is 1. The zero-order chi connectivity index (χ0) is 14.9. The molecule has 0 bridgehead atoms. The van der Waals surface area contributed by atoms with Gasteiger partial charge in [0.25, 0.3) is 5.91 Å². The van der Waals surface area contributed by atoms with E-state index in [2.05, 4.69) is 0 Å². The summed E-state index contributed by atoms with van der Waals surface area (Å²) in [5.41, 5.74) is 5.32. The second-order valence-corrected chi connectivity index (χ2v) is 4.67. The number of amides is 1. The van der Waals surface area contributed by atoms with Crippen molar-refractivity contribution in [3.05, 3.63) is 29.6 Å². The molecule has 108 valence electrons. The smallest absolute Gasteiger partial charge is 0.311 e. The van der Waals surface area contributed by atoms with Crippen LogP contribution in [-0.2, 0) is 9.53 Å². The van der Waals surface area contributed by atoms with E-state index in [-0.39, 0.29) is 24.5 Å². The maximum atomic E-state index is 13.4. The second kappa shape index (κ2) is 5.46. The van der Waals surface area contributed by atoms with E-state index in [1.807, 2.05) is 0 Å². The van der Waals surface area contributed by atoms with Crippen LogP contribution in [0.25, 0.3) is 0 Å². The predicted octanol–water partition coefficient (Wildman–Crippen LogP) is 0.579. The van der Waals surface area contributed by atoms with Crippen molar-refractivity contribution in [1.29, 1.82) is 0 Å². The molecule has 6 nitrogen and oxygen atoms in total. The topological polar surface area (TPSA) is 92.9 Å². The number of nitrogens with two attached hydrogens (primary N) is 1. The highest BCUT2D eigenvalue weighted by Gasteiger charge is 2.39. The molecular weight excluding hydrogens is 267 g/mol. The molecule has 0 radical (unpaired) electrons. The number of hydrogen-bond acceptors (Lipinski definition) is 4. The first-order chi connectivity index (χ1) is 9.43. The van der Waals surface area contributed by atoms with Crippen molar-refractivity contribution in [2.24, 2.45) is 5.92 Å². The van der Waals surface area contributed by atoms with Crippen molar-refractivity contribution < 1.29 is 23.8 Å². The van der Waals surface area contributed by atoms with Crippen molar-refractivity contribution in [2.75, 3.05) is 26.0 Å². The number of para-hydroxylation sites is 1. The Labute approximate surface area is 114 Å². The van der Waals surface area contributed by atoms with Gasteiger partial charge in [-0.25, -0.2) is 4.39 Å². The van der Waals surface area contributed by atoms with Crippen LogP contribution in [0.4, 0.5) is 10.1 Å². The fourth-order valence-electron chi connectivity index (χ4n) is 2.22. The lowest BCUT2D eigenvalue weighted by Gasteiger charge is -2.26. The second-order valence-electron chi connectivity index (χ2n) is 4.67. The van der Waals surface area contributed by atoms with Gasteiger partial charge in [0.15, 0.2) is 0 Å². The van der Waals surface area contributed by atoms with Crippen LogP contribution in [0.5, 0.6) is 0 Å². The Kier molecular flexibility index (Phi) is 3.89. The highest BCUT2D eigenvalue weighted by atomic mass is 19.1. The third-order valence-corrected chi connectivity index (χ3v) is 3.47. The summed E-state index contributed by atoms with van der Waals surface area (Å²) in [5, 5.41) is 9.08. The van der Waals surface area contributed by atoms with Gasteiger partial charge in [0.1, 0.15) is 11.7 Å². The maximum absolute atomic E-state index is 13.4. The number of carbonyl (C=O) groups excluding carboxylic acids is 1. The van der Waals surface area contributed by atoms with Crippen LogP contribution in [0.2, 0.25) is 0 Å². The number of hydrogen-bond donors (Lipinski definition) is 2. The number of likely N-dealkylation sites (N-methyl/N-ethyl adjacent to an activating group) is 1. The Bertz CT molecular complexity index is 549. The first kappa shape index (κ1) is 14.3. The summed E-state index contributed by atoms with van der Waals surface area (Å²) < 4.78 is 18.5. The van der Waals surface area contributed by atoms with Crippen LogP contribution in [0.3, 0.4) is 0 Å². The summed E-state index contributed by atoms with van der Waals surface area (Å²) >= 11 is 0. The molecule has 3 N–H and O–H groups in total. The van der Waals surface area contributed by atoms with Gasteiger partial charge in [-0.3, -0.25) is 9.59 Å². The molecule has 1 aromatic carbocycles. The summed E-state index contributed by atoms with van der Waals surface area (Å²) in [6.45, 7) is 0.185. The number of halogens is 1. The molecule has 2 unspecified atom stereocenters. The highest BCUT2D eigenvalue weighted by molar-refractivity contribution is 5.99.